The Kier molecular flexibility index (Phi) is 22.7. The zero-order valence-corrected chi connectivity index (χ0v) is 68.2. The number of fused-ring (bicyclic) bond motifs is 3. The van der Waals surface area contributed by atoms with Crippen LogP contribution in [-0.2, 0) is 35.1 Å². The third kappa shape index (κ3) is 17.5. The molecule has 12 N–H and O–H groups in total. The molecule has 0 fully saturated rings. The summed E-state index contributed by atoms with van der Waals surface area (Å²) in [5.74, 6) is 2.11. The first-order valence-electron chi connectivity index (χ1n) is 37.2. The topological polar surface area (TPSA) is 363 Å². The molecule has 27 nitrogen and oxygen atoms in total. The van der Waals surface area contributed by atoms with E-state index in [0.717, 1.165) is 91.4 Å². The van der Waals surface area contributed by atoms with Crippen molar-refractivity contribution in [1.82, 2.24) is 73.8 Å². The lowest BCUT2D eigenvalue weighted by Crippen LogP contribution is -2.36. The first-order chi connectivity index (χ1) is 55.4. The largest absolute Gasteiger partial charge is 0.399 e. The van der Waals surface area contributed by atoms with Gasteiger partial charge < -0.3 is 38.3 Å². The van der Waals surface area contributed by atoms with Crippen molar-refractivity contribution in [2.24, 2.45) is 14.1 Å². The molecule has 0 saturated heterocycles. The number of aliphatic hydroxyl groups is 1. The van der Waals surface area contributed by atoms with Gasteiger partial charge in [-0.05, 0) is 117 Å². The Morgan fingerprint density at radius 2 is 0.957 bits per heavy atom. The van der Waals surface area contributed by atoms with Crippen molar-refractivity contribution in [2.45, 2.75) is 118 Å². The van der Waals surface area contributed by atoms with E-state index >= 15 is 0 Å². The summed E-state index contributed by atoms with van der Waals surface area (Å²) in [4.78, 5) is 60.7. The molecule has 0 saturated carbocycles. The maximum atomic E-state index is 13.8. The average molecular weight is 1620 g/mol. The second-order valence-corrected chi connectivity index (χ2v) is 32.3. The number of thiophene rings is 1. The van der Waals surface area contributed by atoms with Crippen LogP contribution in [0.2, 0.25) is 5.02 Å². The summed E-state index contributed by atoms with van der Waals surface area (Å²) in [6.07, 6.45) is -1.48. The number of carbonyl (C=O) groups excluding carboxylic acids is 3. The zero-order valence-electron chi connectivity index (χ0n) is 66.6. The maximum Gasteiger partial charge on any atom is 0.399 e. The Morgan fingerprint density at radius 1 is 0.496 bits per heavy atom. The van der Waals surface area contributed by atoms with E-state index in [4.69, 9.17) is 39.0 Å². The van der Waals surface area contributed by atoms with Gasteiger partial charge in [-0.25, -0.2) is 53.2 Å². The second kappa shape index (κ2) is 32.5. The van der Waals surface area contributed by atoms with Gasteiger partial charge in [0, 0.05) is 77.1 Å². The van der Waals surface area contributed by atoms with Crippen LogP contribution in [0.1, 0.15) is 121 Å². The first kappa shape index (κ1) is 81.6. The van der Waals surface area contributed by atoms with Crippen LogP contribution in [0.5, 0.6) is 0 Å². The number of amides is 5. The van der Waals surface area contributed by atoms with Gasteiger partial charge in [-0.3, -0.25) is 20.1 Å². The summed E-state index contributed by atoms with van der Waals surface area (Å²) in [5.41, 5.74) is 30.0. The average Bonchev–Trinajstić information content (AvgIpc) is 1.64. The Balaban J connectivity index is 0.000000152. The van der Waals surface area contributed by atoms with Crippen LogP contribution in [0, 0.1) is 13.8 Å². The third-order valence-electron chi connectivity index (χ3n) is 19.6. The number of pyridine rings is 1. The monoisotopic (exact) mass is 1620 g/mol. The molecule has 0 aliphatic carbocycles. The smallest absolute Gasteiger partial charge is 0.383 e. The molecule has 0 spiro atoms. The molecule has 9 heterocycles. The van der Waals surface area contributed by atoms with Crippen molar-refractivity contribution in [2.75, 3.05) is 43.8 Å². The number of alkyl halides is 3. The molecule has 6 aromatic carbocycles. The summed E-state index contributed by atoms with van der Waals surface area (Å²) in [6, 6.07) is 48.4. The predicted octanol–water partition coefficient (Wildman–Crippen LogP) is 18.1. The number of nitrogens with one attached hydrogen (secondary N) is 5. The van der Waals surface area contributed by atoms with E-state index in [9.17, 15) is 32.7 Å². The van der Waals surface area contributed by atoms with Crippen molar-refractivity contribution >= 4 is 119 Å². The molecule has 9 aromatic heterocycles. The molecule has 117 heavy (non-hydrogen) atoms. The molecule has 15 rings (SSSR count). The Morgan fingerprint density at radius 3 is 1.50 bits per heavy atom. The molecule has 600 valence electrons. The van der Waals surface area contributed by atoms with Crippen molar-refractivity contribution in [3.63, 3.8) is 0 Å². The lowest BCUT2D eigenvalue weighted by atomic mass is 9.89. The highest BCUT2D eigenvalue weighted by atomic mass is 35.5. The number of aromatic nitrogens is 15. The molecular weight excluding hydrogens is 1530 g/mol. The number of aliphatic hydroxyl groups excluding tert-OH is 1. The van der Waals surface area contributed by atoms with E-state index in [0.29, 0.717) is 79.7 Å². The summed E-state index contributed by atoms with van der Waals surface area (Å²) >= 11 is 7.91. The fourth-order valence-corrected chi connectivity index (χ4v) is 13.8. The number of aryl methyl sites for hydroxylation is 4. The molecule has 15 aromatic rings. The highest BCUT2D eigenvalue weighted by molar-refractivity contribution is 7.17. The number of nitrogens with zero attached hydrogens (tertiary/aromatic N) is 15. The normalized spacial score (nSPS) is 12.1. The summed E-state index contributed by atoms with van der Waals surface area (Å²) in [5, 5.41) is 52.2. The molecule has 0 radical (unpaired) electrons. The van der Waals surface area contributed by atoms with Gasteiger partial charge in [0.25, 0.3) is 5.91 Å². The van der Waals surface area contributed by atoms with E-state index in [1.54, 1.807) is 98.7 Å². The minimum Gasteiger partial charge on any atom is -0.383 e. The number of nitrogens with two attached hydrogens (primary N) is 3. The van der Waals surface area contributed by atoms with Crippen LogP contribution in [0.15, 0.2) is 188 Å². The molecular formula is C85H87ClF3N23O4S. The Hall–Kier alpha value is -13.4. The van der Waals surface area contributed by atoms with Crippen molar-refractivity contribution in [3.8, 4) is 50.7 Å². The Bertz CT molecular complexity index is 6190. The van der Waals surface area contributed by atoms with Crippen LogP contribution in [0.3, 0.4) is 0 Å². The van der Waals surface area contributed by atoms with Gasteiger partial charge in [0.1, 0.15) is 69.2 Å². The van der Waals surface area contributed by atoms with Crippen LogP contribution < -0.4 is 43.8 Å². The third-order valence-corrected chi connectivity index (χ3v) is 20.8. The van der Waals surface area contributed by atoms with Crippen LogP contribution in [-0.4, -0.2) is 103 Å². The van der Waals surface area contributed by atoms with Crippen molar-refractivity contribution < 1.29 is 32.7 Å². The van der Waals surface area contributed by atoms with E-state index in [2.05, 4.69) is 134 Å². The van der Waals surface area contributed by atoms with Crippen LogP contribution in [0.4, 0.5) is 69.0 Å². The van der Waals surface area contributed by atoms with Crippen LogP contribution >= 0.6 is 22.9 Å². The molecule has 5 amide bonds. The number of hydrogen-bond donors (Lipinski definition) is 9. The molecule has 0 aliphatic rings. The zero-order chi connectivity index (χ0) is 83.9. The minimum atomic E-state index is -4.56. The van der Waals surface area contributed by atoms with E-state index < -0.39 is 29.6 Å². The standard InChI is InChI=1S/C30H34N8O.C28H30N8O2.C27H23ClF3N7OS/c1-18(2)19-9-13-22(14-10-19)38-25(17-24(35-38)30(3,4)5)34-29(39)33-21-11-7-20(8-12-21)27-26-23(37(6)36-27)15-16-32-28(26)31;1-16-6-12-19(13-7-16)36-21(14-20(33-36)28(2,3)4)32-27(38)24(37)18-10-8-17(9-11-18)23-22-25(29)30-15-31-26(22)35(5)34-23;1-14-4-7-16(8-5-14)38-21(11-20(37-38)26(2,3)27(29,30)31)36-25(39)35-19-9-6-15(10-18(19)28)17-12-40-24-22(17)23(32)33-13-34-24/h7-18H,1-6H3,(H2,31,32)(H2,33,34,39);6-15,24,37H,1-5H3,(H,32,38)(H2,29,30,31);4-13H,1-3H3,(H2,32,33,34)(H2,35,36,39). The number of urea groups is 2. The van der Waals surface area contributed by atoms with Gasteiger partial charge >= 0.3 is 18.2 Å². The number of nitrogen functional groups attached to an aromatic ring is 3. The van der Waals surface area contributed by atoms with Gasteiger partial charge in [0.05, 0.1) is 66.5 Å². The summed E-state index contributed by atoms with van der Waals surface area (Å²) in [7, 11) is 3.66. The SMILES string of the molecule is CC(C)c1ccc(-n2nc(C(C)(C)C)cc2NC(=O)Nc2ccc(-c3nn(C)c4ccnc(N)c34)cc2)cc1.Cc1ccc(-n2nc(C(C)(C)C(F)(F)F)cc2NC(=O)Nc2ccc(-c3csc4ncnc(N)c34)cc2Cl)cc1.Cc1ccc(-n2nc(C(C)(C)C)cc2NC(=O)C(O)c2ccc(-c3nn(C)c4ncnc(N)c34)cc2)cc1. The van der Waals surface area contributed by atoms with Crippen molar-refractivity contribution in [3.05, 3.63) is 232 Å². The van der Waals surface area contributed by atoms with E-state index in [1.807, 2.05) is 105 Å². The van der Waals surface area contributed by atoms with E-state index in [1.165, 1.54) is 40.3 Å². The number of hydrogen-bond acceptors (Lipinski definition) is 18. The highest BCUT2D eigenvalue weighted by Gasteiger charge is 2.50. The van der Waals surface area contributed by atoms with Gasteiger partial charge in [-0.15, -0.1) is 11.3 Å². The quantitative estimate of drug-likeness (QED) is 0.0460. The van der Waals surface area contributed by atoms with E-state index in [-0.39, 0.29) is 33.4 Å². The molecule has 1 atom stereocenters. The highest BCUT2D eigenvalue weighted by Crippen LogP contribution is 2.43. The molecule has 1 unspecified atom stereocenters. The predicted molar refractivity (Wildman–Crippen MR) is 456 cm³/mol. The van der Waals surface area contributed by atoms with Crippen molar-refractivity contribution in [1.29, 1.82) is 0 Å². The number of halogens is 4. The fraction of sp³-hybridized carbons (Fsp3) is 0.235. The van der Waals surface area contributed by atoms with Gasteiger partial charge in [-0.1, -0.05) is 157 Å². The number of benzene rings is 6. The summed E-state index contributed by atoms with van der Waals surface area (Å²) < 4.78 is 49.5. The molecule has 0 bridgehead atoms. The minimum absolute atomic E-state index is 0.0571. The second-order valence-electron chi connectivity index (χ2n) is 31.0. The van der Waals surface area contributed by atoms with Gasteiger partial charge in [0.15, 0.2) is 11.8 Å². The molecule has 32 heteroatoms. The maximum absolute atomic E-state index is 13.8. The number of rotatable bonds is 15. The summed E-state index contributed by atoms with van der Waals surface area (Å²) in [6.45, 7) is 22.8. The first-order valence-corrected chi connectivity index (χ1v) is 38.4. The van der Waals surface area contributed by atoms with Gasteiger partial charge in [-0.2, -0.15) is 38.7 Å². The lowest BCUT2D eigenvalue weighted by Gasteiger charge is -2.25. The number of anilines is 8. The fourth-order valence-electron chi connectivity index (χ4n) is 12.6. The lowest BCUT2D eigenvalue weighted by molar-refractivity contribution is -0.181. The number of carbonyl (C=O) groups is 3. The van der Waals surface area contributed by atoms with Gasteiger partial charge in [0.2, 0.25) is 0 Å². The van der Waals surface area contributed by atoms with Crippen LogP contribution in [0.25, 0.3) is 82.9 Å². The Labute approximate surface area is 680 Å². The molecule has 0 aliphatic heterocycles.